The number of amidine groups is 1. The molecule has 0 aliphatic heterocycles. The number of nitrogens with one attached hydrogen (secondary N) is 3. The first-order chi connectivity index (χ1) is 26.4. The number of amides is 1. The molecule has 0 bridgehead atoms. The molecule has 4 aliphatic carbocycles. The van der Waals surface area contributed by atoms with Gasteiger partial charge in [0.25, 0.3) is 0 Å². The maximum atomic E-state index is 14.5. The number of carbonyl (C=O) groups excluding carboxylic acids is 1. The average molecular weight is 768 g/mol. The highest BCUT2D eigenvalue weighted by atomic mass is 19.3. The molecule has 2 aromatic carbocycles. The monoisotopic (exact) mass is 767 g/mol. The van der Waals surface area contributed by atoms with Gasteiger partial charge >= 0.3 is 0 Å². The first-order valence-electron chi connectivity index (χ1n) is 20.5. The Labute approximate surface area is 328 Å². The van der Waals surface area contributed by atoms with E-state index in [1.54, 1.807) is 6.92 Å². The standard InChI is InChI=1S/C45H56F3N7O/c1-42(2,3)37(54-40(56)26-15-19-44(6,46)20-16-26)39-50-33-13-9-29-23-27(7-11-31(29)35(33)52-39)28-8-12-32-30(24-28)10-14-34-36(32)53-41(51-34)43(4,5)55-38(49)25-17-21-45(47,48)22-18-25/h7-8,11-12,23-26,37H,9-10,13-22H2,1-6H3,(H2,49,55)(H,50,52)(H,51,53)(H,54,56). The molecule has 0 saturated heterocycles. The third-order valence-electron chi connectivity index (χ3n) is 12.9. The minimum Gasteiger partial charge on any atom is -0.387 e. The number of rotatable bonds is 7. The molecule has 2 saturated carbocycles. The lowest BCUT2D eigenvalue weighted by atomic mass is 9.80. The van der Waals surface area contributed by atoms with E-state index >= 15 is 0 Å². The van der Waals surface area contributed by atoms with Crippen LogP contribution in [-0.4, -0.2) is 43.3 Å². The molecule has 1 amide bonds. The predicted octanol–water partition coefficient (Wildman–Crippen LogP) is 9.87. The Morgan fingerprint density at radius 2 is 1.34 bits per heavy atom. The molecular formula is C45H56F3N7O. The van der Waals surface area contributed by atoms with Crippen molar-refractivity contribution in [2.45, 2.75) is 142 Å². The van der Waals surface area contributed by atoms with E-state index in [1.165, 1.54) is 11.1 Å². The van der Waals surface area contributed by atoms with Crippen LogP contribution in [0.3, 0.4) is 0 Å². The maximum Gasteiger partial charge on any atom is 0.248 e. The number of H-pyrrole nitrogens is 2. The summed E-state index contributed by atoms with van der Waals surface area (Å²) < 4.78 is 42.0. The Balaban J connectivity index is 1.00. The van der Waals surface area contributed by atoms with E-state index in [2.05, 4.69) is 72.5 Å². The fraction of sp³-hybridized carbons (Fsp3) is 0.556. The van der Waals surface area contributed by atoms with Crippen molar-refractivity contribution < 1.29 is 18.0 Å². The summed E-state index contributed by atoms with van der Waals surface area (Å²) in [6.45, 7) is 11.9. The number of alkyl halides is 3. The fourth-order valence-corrected chi connectivity index (χ4v) is 9.25. The van der Waals surface area contributed by atoms with Crippen molar-refractivity contribution in [3.8, 4) is 33.6 Å². The molecule has 2 aromatic heterocycles. The Morgan fingerprint density at radius 3 is 1.91 bits per heavy atom. The van der Waals surface area contributed by atoms with Crippen LogP contribution in [0.1, 0.15) is 133 Å². The first kappa shape index (κ1) is 38.5. The molecule has 8 rings (SSSR count). The Bertz CT molecular complexity index is 2170. The summed E-state index contributed by atoms with van der Waals surface area (Å²) in [4.78, 5) is 35.6. The average Bonchev–Trinajstić information content (AvgIpc) is 3.78. The smallest absolute Gasteiger partial charge is 0.248 e. The van der Waals surface area contributed by atoms with Crippen LogP contribution < -0.4 is 11.1 Å². The number of halogens is 3. The van der Waals surface area contributed by atoms with Gasteiger partial charge in [0.05, 0.1) is 23.3 Å². The topological polar surface area (TPSA) is 125 Å². The molecule has 2 heterocycles. The van der Waals surface area contributed by atoms with Gasteiger partial charge in [-0.2, -0.15) is 0 Å². The van der Waals surface area contributed by atoms with Gasteiger partial charge in [-0.3, -0.25) is 9.79 Å². The summed E-state index contributed by atoms with van der Waals surface area (Å²) in [6.07, 6.45) is 5.79. The van der Waals surface area contributed by atoms with E-state index in [9.17, 15) is 18.0 Å². The third-order valence-corrected chi connectivity index (χ3v) is 12.9. The highest BCUT2D eigenvalue weighted by Gasteiger charge is 2.39. The van der Waals surface area contributed by atoms with Crippen molar-refractivity contribution >= 4 is 11.7 Å². The van der Waals surface area contributed by atoms with Gasteiger partial charge in [0.1, 0.15) is 22.9 Å². The second-order valence-corrected chi connectivity index (χ2v) is 18.8. The summed E-state index contributed by atoms with van der Waals surface area (Å²) in [5, 5.41) is 3.30. The van der Waals surface area contributed by atoms with E-state index in [-0.39, 0.29) is 42.0 Å². The number of aromatic amines is 2. The number of benzene rings is 2. The molecule has 8 nitrogen and oxygen atoms in total. The molecule has 5 N–H and O–H groups in total. The van der Waals surface area contributed by atoms with Crippen LogP contribution in [0.4, 0.5) is 13.2 Å². The molecule has 4 aliphatic rings. The molecule has 298 valence electrons. The number of nitrogens with two attached hydrogens (primary N) is 1. The number of aromatic nitrogens is 4. The second kappa shape index (κ2) is 13.9. The Kier molecular flexibility index (Phi) is 9.55. The molecule has 56 heavy (non-hydrogen) atoms. The van der Waals surface area contributed by atoms with Gasteiger partial charge in [-0.15, -0.1) is 0 Å². The molecule has 1 atom stereocenters. The van der Waals surface area contributed by atoms with Gasteiger partial charge in [0, 0.05) is 47.2 Å². The highest BCUT2D eigenvalue weighted by Crippen LogP contribution is 2.42. The van der Waals surface area contributed by atoms with Crippen LogP contribution in [0.2, 0.25) is 0 Å². The van der Waals surface area contributed by atoms with Crippen molar-refractivity contribution in [2.24, 2.45) is 28.0 Å². The summed E-state index contributed by atoms with van der Waals surface area (Å²) in [5.41, 5.74) is 15.3. The number of hydrogen-bond acceptors (Lipinski definition) is 4. The molecular weight excluding hydrogens is 712 g/mol. The normalized spacial score (nSPS) is 23.1. The van der Waals surface area contributed by atoms with Crippen LogP contribution in [0.5, 0.6) is 0 Å². The van der Waals surface area contributed by atoms with Crippen molar-refractivity contribution in [3.05, 3.63) is 70.6 Å². The van der Waals surface area contributed by atoms with E-state index < -0.39 is 17.1 Å². The van der Waals surface area contributed by atoms with Gasteiger partial charge in [0.15, 0.2) is 0 Å². The zero-order valence-electron chi connectivity index (χ0n) is 33.6. The van der Waals surface area contributed by atoms with Crippen LogP contribution in [0.15, 0.2) is 41.4 Å². The van der Waals surface area contributed by atoms with Crippen molar-refractivity contribution in [2.75, 3.05) is 0 Å². The molecule has 0 spiro atoms. The predicted molar refractivity (Wildman–Crippen MR) is 215 cm³/mol. The summed E-state index contributed by atoms with van der Waals surface area (Å²) in [7, 11) is 0. The maximum absolute atomic E-state index is 14.5. The van der Waals surface area contributed by atoms with Gasteiger partial charge in [-0.25, -0.2) is 23.1 Å². The van der Waals surface area contributed by atoms with E-state index in [1.807, 2.05) is 13.8 Å². The number of aliphatic imine (C=N–C) groups is 1. The fourth-order valence-electron chi connectivity index (χ4n) is 9.25. The van der Waals surface area contributed by atoms with Crippen LogP contribution in [-0.2, 0) is 36.0 Å². The molecule has 4 aromatic rings. The zero-order chi connectivity index (χ0) is 39.8. The van der Waals surface area contributed by atoms with Gasteiger partial charge < -0.3 is 21.0 Å². The summed E-state index contributed by atoms with van der Waals surface area (Å²) in [6, 6.07) is 13.0. The van der Waals surface area contributed by atoms with Crippen LogP contribution >= 0.6 is 0 Å². The Hall–Kier alpha value is -4.41. The summed E-state index contributed by atoms with van der Waals surface area (Å²) >= 11 is 0. The van der Waals surface area contributed by atoms with Gasteiger partial charge in [0.2, 0.25) is 11.8 Å². The minimum absolute atomic E-state index is 0.0135. The SMILES string of the molecule is CC1(F)CCC(C(=O)NC(c2nc3c([nH]2)CCc2cc(-c4ccc5c(c4)CCc4[nH]c(C(C)(C)N=C(N)C6CCC(F)(F)CC6)nc4-5)ccc2-3)C(C)(C)C)CC1. The van der Waals surface area contributed by atoms with Crippen molar-refractivity contribution in [1.82, 2.24) is 25.3 Å². The largest absolute Gasteiger partial charge is 0.387 e. The molecule has 11 heteroatoms. The quantitative estimate of drug-likeness (QED) is 0.110. The molecule has 1 unspecified atom stereocenters. The van der Waals surface area contributed by atoms with Gasteiger partial charge in [-0.05, 0) is 113 Å². The lowest BCUT2D eigenvalue weighted by molar-refractivity contribution is -0.128. The number of fused-ring (bicyclic) bond motifs is 6. The number of aryl methyl sites for hydroxylation is 4. The number of nitrogens with zero attached hydrogens (tertiary/aromatic N) is 3. The molecule has 2 fully saturated rings. The van der Waals surface area contributed by atoms with Crippen LogP contribution in [0.25, 0.3) is 33.6 Å². The van der Waals surface area contributed by atoms with Gasteiger partial charge in [-0.1, -0.05) is 57.2 Å². The third kappa shape index (κ3) is 7.54. The van der Waals surface area contributed by atoms with E-state index in [0.29, 0.717) is 44.4 Å². The number of carbonyl (C=O) groups is 1. The minimum atomic E-state index is -2.61. The second-order valence-electron chi connectivity index (χ2n) is 18.8. The Morgan fingerprint density at radius 1 is 0.804 bits per heavy atom. The highest BCUT2D eigenvalue weighted by molar-refractivity contribution is 5.83. The lowest BCUT2D eigenvalue weighted by Crippen LogP contribution is -2.42. The van der Waals surface area contributed by atoms with Crippen molar-refractivity contribution in [3.63, 3.8) is 0 Å². The lowest BCUT2D eigenvalue weighted by Gasteiger charge is -2.34. The molecule has 0 radical (unpaired) electrons. The van der Waals surface area contributed by atoms with E-state index in [4.69, 9.17) is 20.7 Å². The number of imidazole rings is 2. The van der Waals surface area contributed by atoms with E-state index in [0.717, 1.165) is 82.4 Å². The zero-order valence-corrected chi connectivity index (χ0v) is 33.6. The summed E-state index contributed by atoms with van der Waals surface area (Å²) in [5.74, 6) is -1.01. The number of hydrogen-bond donors (Lipinski definition) is 4. The van der Waals surface area contributed by atoms with Crippen molar-refractivity contribution in [1.29, 1.82) is 0 Å². The van der Waals surface area contributed by atoms with Crippen LogP contribution in [0, 0.1) is 17.3 Å². The first-order valence-corrected chi connectivity index (χ1v) is 20.5.